The first-order chi connectivity index (χ1) is 13.2. The molecule has 29 heavy (non-hydrogen) atoms. The number of ether oxygens (including phenoxy) is 1. The standard InChI is InChI=1S/C22H27FN4O.HI/c1-15-6-8-17(20(10-15)28-22(2,3)4)13-26-21(25-5)27-14-18-11-16(12-24)7-9-19(18)23;/h6-11H,13-14H2,1-5H3,(H2,25,26,27);1H. The molecule has 2 aromatic carbocycles. The SMILES string of the molecule is CN=C(NCc1cc(C#N)ccc1F)NCc1ccc(C)cc1OC(C)(C)C.I. The van der Waals surface area contributed by atoms with E-state index >= 15 is 0 Å². The number of rotatable bonds is 5. The molecule has 0 spiro atoms. The number of benzene rings is 2. The molecule has 0 radical (unpaired) electrons. The summed E-state index contributed by atoms with van der Waals surface area (Å²) < 4.78 is 20.0. The van der Waals surface area contributed by atoms with Gasteiger partial charge >= 0.3 is 0 Å². The van der Waals surface area contributed by atoms with Gasteiger partial charge in [-0.25, -0.2) is 4.39 Å². The van der Waals surface area contributed by atoms with Gasteiger partial charge in [0, 0.05) is 31.3 Å². The Hall–Kier alpha value is -2.34. The van der Waals surface area contributed by atoms with E-state index in [1.165, 1.54) is 18.2 Å². The van der Waals surface area contributed by atoms with E-state index in [9.17, 15) is 4.39 Å². The third kappa shape index (κ3) is 7.89. The Morgan fingerprint density at radius 2 is 1.76 bits per heavy atom. The molecule has 2 rings (SSSR count). The lowest BCUT2D eigenvalue weighted by Crippen LogP contribution is -2.36. The van der Waals surface area contributed by atoms with Crippen molar-refractivity contribution in [3.8, 4) is 11.8 Å². The van der Waals surface area contributed by atoms with Crippen LogP contribution in [-0.4, -0.2) is 18.6 Å². The molecule has 0 heterocycles. The number of nitriles is 1. The van der Waals surface area contributed by atoms with Crippen molar-refractivity contribution < 1.29 is 9.13 Å². The Balaban J connectivity index is 0.00000420. The summed E-state index contributed by atoms with van der Waals surface area (Å²) >= 11 is 0. The molecule has 2 aromatic rings. The van der Waals surface area contributed by atoms with Gasteiger partial charge in [0.2, 0.25) is 0 Å². The molecular formula is C22H28FIN4O. The summed E-state index contributed by atoms with van der Waals surface area (Å²) in [6, 6.07) is 12.4. The van der Waals surface area contributed by atoms with Crippen molar-refractivity contribution in [1.82, 2.24) is 10.6 Å². The molecule has 0 amide bonds. The molecule has 0 atom stereocenters. The maximum Gasteiger partial charge on any atom is 0.191 e. The van der Waals surface area contributed by atoms with Crippen LogP contribution < -0.4 is 15.4 Å². The van der Waals surface area contributed by atoms with E-state index in [0.717, 1.165) is 16.9 Å². The summed E-state index contributed by atoms with van der Waals surface area (Å²) in [6.07, 6.45) is 0. The predicted molar refractivity (Wildman–Crippen MR) is 125 cm³/mol. The maximum absolute atomic E-state index is 13.9. The van der Waals surface area contributed by atoms with Gasteiger partial charge in [0.05, 0.1) is 11.6 Å². The maximum atomic E-state index is 13.9. The molecule has 156 valence electrons. The highest BCUT2D eigenvalue weighted by Crippen LogP contribution is 2.24. The van der Waals surface area contributed by atoms with Gasteiger partial charge in [-0.1, -0.05) is 12.1 Å². The Labute approximate surface area is 189 Å². The molecule has 5 nitrogen and oxygen atoms in total. The van der Waals surface area contributed by atoms with Crippen LogP contribution in [0.1, 0.15) is 43.0 Å². The highest BCUT2D eigenvalue weighted by molar-refractivity contribution is 14.0. The van der Waals surface area contributed by atoms with E-state index in [4.69, 9.17) is 10.00 Å². The number of nitrogens with zero attached hydrogens (tertiary/aromatic N) is 2. The van der Waals surface area contributed by atoms with E-state index < -0.39 is 0 Å². The topological polar surface area (TPSA) is 69.4 Å². The normalized spacial score (nSPS) is 11.3. The number of halogens is 2. The number of guanidine groups is 1. The minimum atomic E-state index is -0.360. The van der Waals surface area contributed by atoms with Crippen molar-refractivity contribution in [3.05, 3.63) is 64.5 Å². The summed E-state index contributed by atoms with van der Waals surface area (Å²) in [4.78, 5) is 4.18. The Bertz CT molecular complexity index is 901. The van der Waals surface area contributed by atoms with Crippen LogP contribution in [0.5, 0.6) is 5.75 Å². The van der Waals surface area contributed by atoms with Crippen LogP contribution in [-0.2, 0) is 13.1 Å². The van der Waals surface area contributed by atoms with Gasteiger partial charge in [0.25, 0.3) is 0 Å². The minimum absolute atomic E-state index is 0. The van der Waals surface area contributed by atoms with Crippen molar-refractivity contribution >= 4 is 29.9 Å². The molecule has 2 N–H and O–H groups in total. The zero-order valence-electron chi connectivity index (χ0n) is 17.5. The van der Waals surface area contributed by atoms with E-state index in [1.807, 2.05) is 52.0 Å². The number of hydrogen-bond acceptors (Lipinski definition) is 3. The Kier molecular flexibility index (Phi) is 9.37. The number of aryl methyl sites for hydroxylation is 1. The fraction of sp³-hybridized carbons (Fsp3) is 0.364. The molecule has 0 bridgehead atoms. The monoisotopic (exact) mass is 510 g/mol. The third-order valence-electron chi connectivity index (χ3n) is 3.93. The van der Waals surface area contributed by atoms with Gasteiger partial charge in [-0.2, -0.15) is 5.26 Å². The van der Waals surface area contributed by atoms with Gasteiger partial charge in [-0.15, -0.1) is 24.0 Å². The predicted octanol–water partition coefficient (Wildman–Crippen LogP) is 4.67. The van der Waals surface area contributed by atoms with Crippen LogP contribution in [0.25, 0.3) is 0 Å². The lowest BCUT2D eigenvalue weighted by atomic mass is 10.1. The first kappa shape index (κ1) is 24.7. The van der Waals surface area contributed by atoms with Gasteiger partial charge in [-0.3, -0.25) is 4.99 Å². The highest BCUT2D eigenvalue weighted by Gasteiger charge is 2.15. The van der Waals surface area contributed by atoms with Gasteiger partial charge in [0.15, 0.2) is 5.96 Å². The highest BCUT2D eigenvalue weighted by atomic mass is 127. The lowest BCUT2D eigenvalue weighted by molar-refractivity contribution is 0.129. The molecule has 0 aliphatic carbocycles. The quantitative estimate of drug-likeness (QED) is 0.349. The van der Waals surface area contributed by atoms with E-state index in [-0.39, 0.29) is 41.9 Å². The van der Waals surface area contributed by atoms with Crippen molar-refractivity contribution in [2.45, 2.75) is 46.4 Å². The van der Waals surface area contributed by atoms with Crippen LogP contribution in [0.4, 0.5) is 4.39 Å². The fourth-order valence-electron chi connectivity index (χ4n) is 2.59. The second-order valence-corrected chi connectivity index (χ2v) is 7.52. The first-order valence-corrected chi connectivity index (χ1v) is 9.13. The van der Waals surface area contributed by atoms with Crippen LogP contribution in [0.15, 0.2) is 41.4 Å². The van der Waals surface area contributed by atoms with Crippen molar-refractivity contribution in [3.63, 3.8) is 0 Å². The van der Waals surface area contributed by atoms with E-state index in [0.29, 0.717) is 23.6 Å². The zero-order valence-corrected chi connectivity index (χ0v) is 19.8. The number of hydrogen-bond donors (Lipinski definition) is 2. The van der Waals surface area contributed by atoms with Crippen LogP contribution >= 0.6 is 24.0 Å². The van der Waals surface area contributed by atoms with E-state index in [2.05, 4.69) is 15.6 Å². The molecule has 0 fully saturated rings. The molecule has 0 aromatic heterocycles. The summed E-state index contributed by atoms with van der Waals surface area (Å²) in [6.45, 7) is 8.79. The summed E-state index contributed by atoms with van der Waals surface area (Å²) in [7, 11) is 1.65. The Morgan fingerprint density at radius 3 is 2.34 bits per heavy atom. The molecule has 7 heteroatoms. The van der Waals surface area contributed by atoms with E-state index in [1.54, 1.807) is 7.05 Å². The van der Waals surface area contributed by atoms with Crippen LogP contribution in [0.2, 0.25) is 0 Å². The molecule has 0 aliphatic heterocycles. The average Bonchev–Trinajstić information content (AvgIpc) is 2.63. The minimum Gasteiger partial charge on any atom is -0.488 e. The van der Waals surface area contributed by atoms with Gasteiger partial charge < -0.3 is 15.4 Å². The van der Waals surface area contributed by atoms with Crippen LogP contribution in [0.3, 0.4) is 0 Å². The van der Waals surface area contributed by atoms with Gasteiger partial charge in [-0.05, 0) is 57.5 Å². The largest absolute Gasteiger partial charge is 0.488 e. The third-order valence-corrected chi connectivity index (χ3v) is 3.93. The lowest BCUT2D eigenvalue weighted by Gasteiger charge is -2.24. The second kappa shape index (κ2) is 11.0. The van der Waals surface area contributed by atoms with Crippen LogP contribution in [0, 0.1) is 24.1 Å². The summed E-state index contributed by atoms with van der Waals surface area (Å²) in [5.74, 6) is 0.994. The number of nitrogens with one attached hydrogen (secondary N) is 2. The fourth-order valence-corrected chi connectivity index (χ4v) is 2.59. The summed E-state index contributed by atoms with van der Waals surface area (Å²) in [5, 5.41) is 15.3. The summed E-state index contributed by atoms with van der Waals surface area (Å²) in [5.41, 5.74) is 2.66. The zero-order chi connectivity index (χ0) is 20.7. The molecular weight excluding hydrogens is 482 g/mol. The average molecular weight is 510 g/mol. The molecule has 0 saturated heterocycles. The molecule has 0 saturated carbocycles. The molecule has 0 unspecified atom stereocenters. The second-order valence-electron chi connectivity index (χ2n) is 7.52. The Morgan fingerprint density at radius 1 is 1.10 bits per heavy atom. The number of aliphatic imine (C=N–C) groups is 1. The van der Waals surface area contributed by atoms with Crippen molar-refractivity contribution in [1.29, 1.82) is 5.26 Å². The van der Waals surface area contributed by atoms with Crippen molar-refractivity contribution in [2.75, 3.05) is 7.05 Å². The first-order valence-electron chi connectivity index (χ1n) is 9.13. The van der Waals surface area contributed by atoms with Crippen molar-refractivity contribution in [2.24, 2.45) is 4.99 Å². The smallest absolute Gasteiger partial charge is 0.191 e. The molecule has 0 aliphatic rings. The van der Waals surface area contributed by atoms with Gasteiger partial charge in [0.1, 0.15) is 17.2 Å².